The van der Waals surface area contributed by atoms with Gasteiger partial charge in [-0.3, -0.25) is 9.48 Å². The maximum Gasteiger partial charge on any atom is 0.277 e. The lowest BCUT2D eigenvalue weighted by Gasteiger charge is -2.12. The molecule has 4 rings (SSSR count). The second-order valence-corrected chi connectivity index (χ2v) is 8.23. The number of aryl methyl sites for hydroxylation is 2. The molecule has 0 atom stereocenters. The molecule has 0 unspecified atom stereocenters. The van der Waals surface area contributed by atoms with Crippen LogP contribution in [0.5, 0.6) is 5.75 Å². The van der Waals surface area contributed by atoms with Crippen molar-refractivity contribution in [2.24, 2.45) is 7.05 Å². The lowest BCUT2D eigenvalue weighted by atomic mass is 10.1. The Labute approximate surface area is 190 Å². The van der Waals surface area contributed by atoms with Gasteiger partial charge in [0.15, 0.2) is 5.52 Å². The molecule has 0 spiro atoms. The zero-order valence-electron chi connectivity index (χ0n) is 18.3. The van der Waals surface area contributed by atoms with Crippen LogP contribution in [0.15, 0.2) is 52.2 Å². The van der Waals surface area contributed by atoms with Gasteiger partial charge in [-0.05, 0) is 67.8 Å². The van der Waals surface area contributed by atoms with Gasteiger partial charge in [0, 0.05) is 23.3 Å². The summed E-state index contributed by atoms with van der Waals surface area (Å²) in [5.41, 5.74) is 9.85. The number of ether oxygens (including phenoxy) is 1. The molecule has 0 aliphatic rings. The van der Waals surface area contributed by atoms with Crippen molar-refractivity contribution < 1.29 is 4.74 Å². The average molecular weight is 451 g/mol. The van der Waals surface area contributed by atoms with Gasteiger partial charge in [0.1, 0.15) is 17.1 Å². The number of nitrogens with two attached hydrogens (primary N) is 1. The molecule has 32 heavy (non-hydrogen) atoms. The summed E-state index contributed by atoms with van der Waals surface area (Å²) in [6.07, 6.45) is 1.68. The number of rotatable bonds is 8. The molecule has 0 aliphatic carbocycles. The molecule has 2 heterocycles. The molecule has 166 valence electrons. The van der Waals surface area contributed by atoms with E-state index in [0.29, 0.717) is 34.9 Å². The van der Waals surface area contributed by atoms with Gasteiger partial charge in [0.05, 0.1) is 17.9 Å². The molecule has 0 radical (unpaired) electrons. The molecule has 0 amide bonds. The SMILES string of the molecule is CCCc1nn(C)c2c(=O)[nH]c(-c3cc(SNc4ccc(N)cc4)ccc3OCC)nc12. The second-order valence-electron chi connectivity index (χ2n) is 7.35. The largest absolute Gasteiger partial charge is 0.493 e. The third kappa shape index (κ3) is 4.43. The van der Waals surface area contributed by atoms with Gasteiger partial charge in [-0.1, -0.05) is 13.3 Å². The third-order valence-electron chi connectivity index (χ3n) is 4.95. The van der Waals surface area contributed by atoms with Crippen molar-refractivity contribution in [3.63, 3.8) is 0 Å². The quantitative estimate of drug-likeness (QED) is 0.270. The molecular formula is C23H26N6O2S. The first kappa shape index (κ1) is 21.8. The lowest BCUT2D eigenvalue weighted by molar-refractivity contribution is 0.341. The number of H-pyrrole nitrogens is 1. The topological polar surface area (TPSA) is 111 Å². The number of hydrogen-bond acceptors (Lipinski definition) is 7. The zero-order valence-corrected chi connectivity index (χ0v) is 19.1. The van der Waals surface area contributed by atoms with Crippen LogP contribution in [-0.2, 0) is 13.5 Å². The minimum Gasteiger partial charge on any atom is -0.493 e. The summed E-state index contributed by atoms with van der Waals surface area (Å²) in [4.78, 5) is 21.5. The lowest BCUT2D eigenvalue weighted by Crippen LogP contribution is -2.12. The maximum absolute atomic E-state index is 12.9. The van der Waals surface area contributed by atoms with Crippen molar-refractivity contribution in [2.75, 3.05) is 17.1 Å². The van der Waals surface area contributed by atoms with Crippen molar-refractivity contribution in [2.45, 2.75) is 31.6 Å². The smallest absolute Gasteiger partial charge is 0.277 e. The number of nitrogen functional groups attached to an aromatic ring is 1. The van der Waals surface area contributed by atoms with Crippen molar-refractivity contribution in [3.05, 3.63) is 58.5 Å². The molecule has 0 saturated heterocycles. The summed E-state index contributed by atoms with van der Waals surface area (Å²) in [7, 11) is 1.77. The number of benzene rings is 2. The number of nitrogens with zero attached hydrogens (tertiary/aromatic N) is 3. The van der Waals surface area contributed by atoms with Gasteiger partial charge in [-0.15, -0.1) is 0 Å². The zero-order chi connectivity index (χ0) is 22.7. The number of fused-ring (bicyclic) bond motifs is 1. The predicted octanol–water partition coefficient (Wildman–Crippen LogP) is 4.38. The molecule has 4 aromatic rings. The van der Waals surface area contributed by atoms with Crippen LogP contribution in [-0.4, -0.2) is 26.4 Å². The monoisotopic (exact) mass is 450 g/mol. The number of aromatic amines is 1. The normalized spacial score (nSPS) is 11.1. The van der Waals surface area contributed by atoms with E-state index < -0.39 is 0 Å². The van der Waals surface area contributed by atoms with Gasteiger partial charge in [-0.25, -0.2) is 4.98 Å². The summed E-state index contributed by atoms with van der Waals surface area (Å²) in [6, 6.07) is 13.3. The van der Waals surface area contributed by atoms with Gasteiger partial charge in [0.2, 0.25) is 0 Å². The Kier molecular flexibility index (Phi) is 6.36. The van der Waals surface area contributed by atoms with Gasteiger partial charge in [-0.2, -0.15) is 5.10 Å². The van der Waals surface area contributed by atoms with E-state index in [9.17, 15) is 4.79 Å². The highest BCUT2D eigenvalue weighted by atomic mass is 32.2. The Morgan fingerprint density at radius 3 is 2.69 bits per heavy atom. The second kappa shape index (κ2) is 9.35. The molecule has 0 saturated carbocycles. The Balaban J connectivity index is 1.74. The molecule has 0 aliphatic heterocycles. The van der Waals surface area contributed by atoms with Crippen molar-refractivity contribution in [1.29, 1.82) is 0 Å². The van der Waals surface area contributed by atoms with Crippen LogP contribution >= 0.6 is 11.9 Å². The molecule has 8 nitrogen and oxygen atoms in total. The molecule has 4 N–H and O–H groups in total. The standard InChI is InChI=1S/C23H26N6O2S/c1-4-6-18-20-21(29(3)27-18)23(30)26-22(25-20)17-13-16(11-12-19(17)31-5-2)32-28-15-9-7-14(24)8-10-15/h7-13,28H,4-6,24H2,1-3H3,(H,25,26,30). The van der Waals surface area contributed by atoms with Crippen LogP contribution in [0.1, 0.15) is 26.0 Å². The van der Waals surface area contributed by atoms with Gasteiger partial charge < -0.3 is 20.2 Å². The fourth-order valence-electron chi connectivity index (χ4n) is 3.49. The Morgan fingerprint density at radius 1 is 1.19 bits per heavy atom. The van der Waals surface area contributed by atoms with Crippen molar-refractivity contribution in [1.82, 2.24) is 19.7 Å². The molecule has 2 aromatic carbocycles. The van der Waals surface area contributed by atoms with Crippen LogP contribution in [0.4, 0.5) is 11.4 Å². The highest BCUT2D eigenvalue weighted by Gasteiger charge is 2.18. The summed E-state index contributed by atoms with van der Waals surface area (Å²) >= 11 is 1.46. The summed E-state index contributed by atoms with van der Waals surface area (Å²) in [6.45, 7) is 4.51. The van der Waals surface area contributed by atoms with Gasteiger partial charge >= 0.3 is 0 Å². The van der Waals surface area contributed by atoms with Crippen LogP contribution in [0, 0.1) is 0 Å². The van der Waals surface area contributed by atoms with E-state index in [1.807, 2.05) is 49.4 Å². The van der Waals surface area contributed by atoms with Crippen LogP contribution in [0.3, 0.4) is 0 Å². The fraction of sp³-hybridized carbons (Fsp3) is 0.261. The van der Waals surface area contributed by atoms with E-state index in [1.54, 1.807) is 11.7 Å². The molecule has 2 aromatic heterocycles. The molecule has 9 heteroatoms. The van der Waals surface area contributed by atoms with E-state index in [-0.39, 0.29) is 5.56 Å². The first-order valence-corrected chi connectivity index (χ1v) is 11.3. The highest BCUT2D eigenvalue weighted by Crippen LogP contribution is 2.33. The molecule has 0 bridgehead atoms. The van der Waals surface area contributed by atoms with E-state index in [4.69, 9.17) is 15.5 Å². The van der Waals surface area contributed by atoms with Crippen LogP contribution in [0.2, 0.25) is 0 Å². The minimum absolute atomic E-state index is 0.220. The first-order valence-electron chi connectivity index (χ1n) is 10.5. The Hall–Kier alpha value is -3.46. The van der Waals surface area contributed by atoms with Gasteiger partial charge in [0.25, 0.3) is 5.56 Å². The van der Waals surface area contributed by atoms with E-state index in [2.05, 4.69) is 21.7 Å². The molecular weight excluding hydrogens is 424 g/mol. The number of anilines is 2. The maximum atomic E-state index is 12.9. The van der Waals surface area contributed by atoms with Crippen LogP contribution < -0.4 is 20.8 Å². The Morgan fingerprint density at radius 2 is 1.97 bits per heavy atom. The van der Waals surface area contributed by atoms with E-state index in [1.165, 1.54) is 11.9 Å². The fourth-order valence-corrected chi connectivity index (χ4v) is 4.17. The van der Waals surface area contributed by atoms with E-state index >= 15 is 0 Å². The summed E-state index contributed by atoms with van der Waals surface area (Å²) in [5, 5.41) is 4.50. The van der Waals surface area contributed by atoms with E-state index in [0.717, 1.165) is 34.7 Å². The van der Waals surface area contributed by atoms with Crippen molar-refractivity contribution >= 4 is 34.4 Å². The molecule has 0 fully saturated rings. The number of nitrogens with one attached hydrogen (secondary N) is 2. The highest BCUT2D eigenvalue weighted by molar-refractivity contribution is 8.00. The minimum atomic E-state index is -0.220. The predicted molar refractivity (Wildman–Crippen MR) is 130 cm³/mol. The Bertz CT molecular complexity index is 1300. The first-order chi connectivity index (χ1) is 15.5. The summed E-state index contributed by atoms with van der Waals surface area (Å²) < 4.78 is 10.7. The summed E-state index contributed by atoms with van der Waals surface area (Å²) in [5.74, 6) is 1.12. The number of aromatic nitrogens is 4. The van der Waals surface area contributed by atoms with Crippen molar-refractivity contribution in [3.8, 4) is 17.1 Å². The number of hydrogen-bond donors (Lipinski definition) is 3. The third-order valence-corrected chi connectivity index (χ3v) is 5.78. The average Bonchev–Trinajstić information content (AvgIpc) is 3.10. The van der Waals surface area contributed by atoms with Crippen LogP contribution in [0.25, 0.3) is 22.4 Å².